The molecule has 186 valence electrons. The molecule has 36 heavy (non-hydrogen) atoms. The topological polar surface area (TPSA) is 18.5 Å². The van der Waals surface area contributed by atoms with Crippen molar-refractivity contribution >= 4 is 26.5 Å². The normalized spacial score (nSPS) is 13.6. The summed E-state index contributed by atoms with van der Waals surface area (Å²) in [6, 6.07) is 40.1. The van der Waals surface area contributed by atoms with E-state index in [2.05, 4.69) is 135 Å². The molecule has 4 heteroatoms. The minimum atomic E-state index is -2.03. The summed E-state index contributed by atoms with van der Waals surface area (Å²) < 4.78 is 11.1. The number of methoxy groups -OCH3 is 2. The van der Waals surface area contributed by atoms with Gasteiger partial charge in [0.25, 0.3) is 0 Å². The van der Waals surface area contributed by atoms with E-state index in [-0.39, 0.29) is 0 Å². The fraction of sp³-hybridized carbons (Fsp3) is 0.250. The van der Waals surface area contributed by atoms with Crippen LogP contribution in [0.3, 0.4) is 0 Å². The molecular formula is C32H38O2Si2. The molecule has 2 unspecified atom stereocenters. The molecular weight excluding hydrogens is 473 g/mol. The molecule has 0 radical (unpaired) electrons. The van der Waals surface area contributed by atoms with Crippen LogP contribution in [0.5, 0.6) is 11.5 Å². The van der Waals surface area contributed by atoms with Crippen molar-refractivity contribution in [2.24, 2.45) is 0 Å². The summed E-state index contributed by atoms with van der Waals surface area (Å²) in [4.78, 5) is 0. The van der Waals surface area contributed by atoms with Gasteiger partial charge in [-0.25, -0.2) is 0 Å². The summed E-state index contributed by atoms with van der Waals surface area (Å²) in [6.45, 7) is 10.2. The fourth-order valence-corrected chi connectivity index (χ4v) is 15.2. The Bertz CT molecular complexity index is 1130. The van der Waals surface area contributed by atoms with E-state index in [9.17, 15) is 0 Å². The molecule has 0 fully saturated rings. The largest absolute Gasteiger partial charge is 0.497 e. The lowest BCUT2D eigenvalue weighted by Gasteiger charge is -2.46. The molecule has 4 aromatic rings. The monoisotopic (exact) mass is 510 g/mol. The van der Waals surface area contributed by atoms with Crippen molar-refractivity contribution in [3.05, 3.63) is 120 Å². The summed E-state index contributed by atoms with van der Waals surface area (Å²) in [7, 11) is -0.576. The van der Waals surface area contributed by atoms with Crippen LogP contribution in [0, 0.1) is 0 Å². The van der Waals surface area contributed by atoms with E-state index in [4.69, 9.17) is 9.47 Å². The second-order valence-electron chi connectivity index (χ2n) is 10.7. The molecule has 0 aliphatic carbocycles. The first-order chi connectivity index (χ1) is 17.3. The molecule has 0 aliphatic heterocycles. The Morgan fingerprint density at radius 2 is 0.750 bits per heavy atom. The van der Waals surface area contributed by atoms with Crippen LogP contribution in [0.25, 0.3) is 0 Å². The van der Waals surface area contributed by atoms with Crippen LogP contribution < -0.4 is 19.8 Å². The maximum Gasteiger partial charge on any atom is 0.118 e. The fourth-order valence-electron chi connectivity index (χ4n) is 5.77. The molecule has 0 aromatic heterocycles. The molecule has 2 atom stereocenters. The van der Waals surface area contributed by atoms with Crippen molar-refractivity contribution in [3.63, 3.8) is 0 Å². The Morgan fingerprint density at radius 1 is 0.444 bits per heavy atom. The standard InChI is InChI=1S/C32H38O2Si2/c1-33-27-21-17-25(18-22-27)31(35(3,4)29-13-9-7-10-14-29)32(26-19-23-28(34-2)24-20-26)36(5,6)30-15-11-8-12-16-30/h7-24,31-32H,1-6H3. The number of rotatable bonds is 9. The quantitative estimate of drug-likeness (QED) is 0.229. The molecule has 0 heterocycles. The Hall–Kier alpha value is -3.09. The van der Waals surface area contributed by atoms with E-state index in [1.807, 2.05) is 0 Å². The van der Waals surface area contributed by atoms with Crippen LogP contribution in [0.2, 0.25) is 26.2 Å². The van der Waals surface area contributed by atoms with Crippen LogP contribution in [-0.4, -0.2) is 30.4 Å². The van der Waals surface area contributed by atoms with Crippen LogP contribution in [-0.2, 0) is 0 Å². The van der Waals surface area contributed by atoms with Crippen LogP contribution >= 0.6 is 0 Å². The zero-order chi connectivity index (χ0) is 25.8. The predicted molar refractivity (Wildman–Crippen MR) is 159 cm³/mol. The lowest BCUT2D eigenvalue weighted by atomic mass is 10.0. The second-order valence-corrected chi connectivity index (χ2v) is 20.0. The first-order valence-corrected chi connectivity index (χ1v) is 18.8. The zero-order valence-corrected chi connectivity index (χ0v) is 24.4. The predicted octanol–water partition coefficient (Wildman–Crippen LogP) is 6.88. The summed E-state index contributed by atoms with van der Waals surface area (Å²) >= 11 is 0. The minimum Gasteiger partial charge on any atom is -0.497 e. The van der Waals surface area contributed by atoms with Gasteiger partial charge in [0.1, 0.15) is 11.5 Å². The molecule has 0 amide bonds. The lowest BCUT2D eigenvalue weighted by Crippen LogP contribution is -2.58. The Labute approximate surface area is 219 Å². The van der Waals surface area contributed by atoms with Crippen molar-refractivity contribution in [2.75, 3.05) is 14.2 Å². The van der Waals surface area contributed by atoms with Gasteiger partial charge >= 0.3 is 0 Å². The Morgan fingerprint density at radius 3 is 1.03 bits per heavy atom. The Kier molecular flexibility index (Phi) is 7.86. The SMILES string of the molecule is COc1ccc(C(C(c2ccc(OC)cc2)[Si](C)(C)c2ccccc2)[Si](C)(C)c2ccccc2)cc1. The van der Waals surface area contributed by atoms with Gasteiger partial charge in [-0.3, -0.25) is 0 Å². The third kappa shape index (κ3) is 5.20. The molecule has 0 spiro atoms. The highest BCUT2D eigenvalue weighted by atomic mass is 28.3. The highest BCUT2D eigenvalue weighted by Crippen LogP contribution is 2.45. The molecule has 0 N–H and O–H groups in total. The van der Waals surface area contributed by atoms with Gasteiger partial charge < -0.3 is 9.47 Å². The van der Waals surface area contributed by atoms with Gasteiger partial charge in [0.15, 0.2) is 0 Å². The number of hydrogen-bond acceptors (Lipinski definition) is 2. The number of hydrogen-bond donors (Lipinski definition) is 0. The molecule has 2 nitrogen and oxygen atoms in total. The van der Waals surface area contributed by atoms with E-state index < -0.39 is 16.1 Å². The summed E-state index contributed by atoms with van der Waals surface area (Å²) in [5.41, 5.74) is 3.55. The van der Waals surface area contributed by atoms with Crippen LogP contribution in [0.4, 0.5) is 0 Å². The summed E-state index contributed by atoms with van der Waals surface area (Å²) in [5.74, 6) is 1.80. The molecule has 0 aliphatic rings. The van der Waals surface area contributed by atoms with Crippen molar-refractivity contribution in [1.29, 1.82) is 0 Å². The summed E-state index contributed by atoms with van der Waals surface area (Å²) in [5, 5.41) is 2.98. The molecule has 0 saturated carbocycles. The van der Waals surface area contributed by atoms with Gasteiger partial charge in [-0.15, -0.1) is 0 Å². The van der Waals surface area contributed by atoms with E-state index in [0.717, 1.165) is 11.5 Å². The molecule has 0 saturated heterocycles. The van der Waals surface area contributed by atoms with Gasteiger partial charge in [-0.2, -0.15) is 0 Å². The third-order valence-corrected chi connectivity index (χ3v) is 16.3. The first kappa shape index (κ1) is 26.0. The van der Waals surface area contributed by atoms with Crippen molar-refractivity contribution < 1.29 is 9.47 Å². The molecule has 0 bridgehead atoms. The van der Waals surface area contributed by atoms with Gasteiger partial charge in [0.2, 0.25) is 0 Å². The first-order valence-electron chi connectivity index (χ1n) is 12.7. The van der Waals surface area contributed by atoms with E-state index in [1.54, 1.807) is 14.2 Å². The molecule has 4 rings (SSSR count). The van der Waals surface area contributed by atoms with Gasteiger partial charge in [-0.1, -0.05) is 121 Å². The molecule has 4 aromatic carbocycles. The third-order valence-electron chi connectivity index (χ3n) is 7.87. The van der Waals surface area contributed by atoms with Crippen molar-refractivity contribution in [2.45, 2.75) is 37.3 Å². The average molecular weight is 511 g/mol. The average Bonchev–Trinajstić information content (AvgIpc) is 2.92. The smallest absolute Gasteiger partial charge is 0.118 e. The van der Waals surface area contributed by atoms with Gasteiger partial charge in [-0.05, 0) is 46.5 Å². The van der Waals surface area contributed by atoms with E-state index >= 15 is 0 Å². The summed E-state index contributed by atoms with van der Waals surface area (Å²) in [6.07, 6.45) is 0. The van der Waals surface area contributed by atoms with E-state index in [0.29, 0.717) is 11.1 Å². The Balaban J connectivity index is 1.99. The lowest BCUT2D eigenvalue weighted by molar-refractivity contribution is 0.414. The number of ether oxygens (including phenoxy) is 2. The zero-order valence-electron chi connectivity index (χ0n) is 22.4. The van der Waals surface area contributed by atoms with Crippen molar-refractivity contribution in [1.82, 2.24) is 0 Å². The van der Waals surface area contributed by atoms with E-state index in [1.165, 1.54) is 21.5 Å². The van der Waals surface area contributed by atoms with Gasteiger partial charge in [0, 0.05) is 0 Å². The van der Waals surface area contributed by atoms with Crippen LogP contribution in [0.1, 0.15) is 22.2 Å². The number of benzene rings is 4. The maximum absolute atomic E-state index is 5.53. The maximum atomic E-state index is 5.53. The second kappa shape index (κ2) is 10.9. The highest BCUT2D eigenvalue weighted by molar-refractivity contribution is 6.96. The highest BCUT2D eigenvalue weighted by Gasteiger charge is 2.48. The van der Waals surface area contributed by atoms with Crippen molar-refractivity contribution in [3.8, 4) is 11.5 Å². The minimum absolute atomic E-state index is 0.376. The van der Waals surface area contributed by atoms with Crippen LogP contribution in [0.15, 0.2) is 109 Å². The van der Waals surface area contributed by atoms with Gasteiger partial charge in [0.05, 0.1) is 30.4 Å².